The van der Waals surface area contributed by atoms with Crippen LogP contribution in [0.4, 0.5) is 11.6 Å². The van der Waals surface area contributed by atoms with Crippen molar-refractivity contribution in [2.45, 2.75) is 12.8 Å². The van der Waals surface area contributed by atoms with E-state index in [1.165, 1.54) is 0 Å². The summed E-state index contributed by atoms with van der Waals surface area (Å²) in [4.78, 5) is 34.4. The third-order valence-electron chi connectivity index (χ3n) is 4.60. The molecule has 2 amide bonds. The molecule has 128 valence electrons. The van der Waals surface area contributed by atoms with E-state index in [4.69, 9.17) is 11.5 Å². The van der Waals surface area contributed by atoms with E-state index >= 15 is 0 Å². The molecular formula is C15H21N7O2. The predicted octanol–water partition coefficient (Wildman–Crippen LogP) is -0.388. The highest BCUT2D eigenvalue weighted by Crippen LogP contribution is 2.27. The summed E-state index contributed by atoms with van der Waals surface area (Å²) < 4.78 is 1.60. The maximum Gasteiger partial charge on any atom is 0.254 e. The third kappa shape index (κ3) is 2.51. The van der Waals surface area contributed by atoms with Crippen LogP contribution in [0.1, 0.15) is 23.2 Å². The number of primary amides is 1. The van der Waals surface area contributed by atoms with Crippen LogP contribution in [0.3, 0.4) is 0 Å². The van der Waals surface area contributed by atoms with E-state index in [0.717, 1.165) is 12.8 Å². The zero-order valence-corrected chi connectivity index (χ0v) is 13.7. The van der Waals surface area contributed by atoms with Crippen molar-refractivity contribution in [3.8, 4) is 0 Å². The molecule has 1 aliphatic rings. The zero-order chi connectivity index (χ0) is 17.4. The average Bonchev–Trinajstić information content (AvgIpc) is 2.85. The van der Waals surface area contributed by atoms with Crippen molar-refractivity contribution in [1.29, 1.82) is 0 Å². The lowest BCUT2D eigenvalue weighted by Crippen LogP contribution is -2.40. The second kappa shape index (κ2) is 5.99. The maximum atomic E-state index is 11.7. The first-order valence-corrected chi connectivity index (χ1v) is 7.81. The number of aromatic nitrogens is 3. The molecule has 2 aromatic rings. The van der Waals surface area contributed by atoms with Crippen LogP contribution in [-0.2, 0) is 11.8 Å². The Morgan fingerprint density at radius 3 is 2.58 bits per heavy atom. The normalized spacial score (nSPS) is 15.7. The van der Waals surface area contributed by atoms with Gasteiger partial charge in [-0.25, -0.2) is 9.97 Å². The molecule has 0 spiro atoms. The Kier molecular flexibility index (Phi) is 4.00. The van der Waals surface area contributed by atoms with Gasteiger partial charge in [0.25, 0.3) is 5.91 Å². The van der Waals surface area contributed by atoms with Crippen molar-refractivity contribution < 1.29 is 9.59 Å². The number of nitrogens with two attached hydrogens (primary N) is 2. The number of aryl methyl sites for hydroxylation is 1. The predicted molar refractivity (Wildman–Crippen MR) is 90.4 cm³/mol. The molecule has 24 heavy (non-hydrogen) atoms. The van der Waals surface area contributed by atoms with E-state index in [9.17, 15) is 9.59 Å². The van der Waals surface area contributed by atoms with E-state index in [1.807, 2.05) is 0 Å². The van der Waals surface area contributed by atoms with Crippen molar-refractivity contribution in [2.75, 3.05) is 30.8 Å². The molecule has 0 saturated carbocycles. The number of nitrogens with zero attached hydrogens (tertiary/aromatic N) is 4. The summed E-state index contributed by atoms with van der Waals surface area (Å²) in [6.45, 7) is 1.40. The van der Waals surface area contributed by atoms with Crippen LogP contribution < -0.4 is 21.7 Å². The van der Waals surface area contributed by atoms with Gasteiger partial charge in [-0.1, -0.05) is 0 Å². The second-order valence-corrected chi connectivity index (χ2v) is 5.96. The highest BCUT2D eigenvalue weighted by Gasteiger charge is 2.26. The van der Waals surface area contributed by atoms with Gasteiger partial charge in [0.15, 0.2) is 5.65 Å². The van der Waals surface area contributed by atoms with E-state index in [-0.39, 0.29) is 23.2 Å². The largest absolute Gasteiger partial charge is 0.384 e. The van der Waals surface area contributed by atoms with Crippen LogP contribution in [0, 0.1) is 5.92 Å². The molecule has 0 atom stereocenters. The van der Waals surface area contributed by atoms with Crippen molar-refractivity contribution >= 4 is 34.6 Å². The highest BCUT2D eigenvalue weighted by atomic mass is 16.2. The number of fused-ring (bicyclic) bond motifs is 1. The molecule has 0 unspecified atom stereocenters. The van der Waals surface area contributed by atoms with Crippen molar-refractivity contribution in [3.05, 3.63) is 11.8 Å². The van der Waals surface area contributed by atoms with Crippen LogP contribution >= 0.6 is 0 Å². The Morgan fingerprint density at radius 2 is 2.00 bits per heavy atom. The van der Waals surface area contributed by atoms with E-state index in [2.05, 4.69) is 20.2 Å². The summed E-state index contributed by atoms with van der Waals surface area (Å²) >= 11 is 0. The zero-order valence-electron chi connectivity index (χ0n) is 13.7. The first-order valence-electron chi connectivity index (χ1n) is 7.81. The number of amides is 2. The summed E-state index contributed by atoms with van der Waals surface area (Å²) in [6.07, 6.45) is 3.16. The van der Waals surface area contributed by atoms with E-state index in [1.54, 1.807) is 24.9 Å². The van der Waals surface area contributed by atoms with Gasteiger partial charge in [0, 0.05) is 33.1 Å². The Hall–Kier alpha value is -2.84. The average molecular weight is 331 g/mol. The molecule has 3 rings (SSSR count). The topological polar surface area (TPSA) is 132 Å². The van der Waals surface area contributed by atoms with Crippen LogP contribution in [0.2, 0.25) is 0 Å². The quantitative estimate of drug-likeness (QED) is 0.702. The van der Waals surface area contributed by atoms with Crippen LogP contribution in [-0.4, -0.2) is 46.5 Å². The number of piperidine rings is 1. The Bertz CT molecular complexity index is 806. The fourth-order valence-electron chi connectivity index (χ4n) is 3.16. The smallest absolute Gasteiger partial charge is 0.254 e. The number of nitrogen functional groups attached to an aromatic ring is 1. The molecule has 0 aromatic carbocycles. The molecule has 2 aromatic heterocycles. The SMILES string of the molecule is CNC(=O)C1CCN(c2cnc3c(n2)c(C(N)=O)c(N)n3C)CC1. The third-order valence-corrected chi connectivity index (χ3v) is 4.60. The first-order chi connectivity index (χ1) is 11.4. The first kappa shape index (κ1) is 16.0. The molecule has 1 saturated heterocycles. The molecular weight excluding hydrogens is 310 g/mol. The maximum absolute atomic E-state index is 11.7. The van der Waals surface area contributed by atoms with Gasteiger partial charge in [0.2, 0.25) is 5.91 Å². The fraction of sp³-hybridized carbons (Fsp3) is 0.467. The summed E-state index contributed by atoms with van der Waals surface area (Å²) in [5.41, 5.74) is 12.5. The molecule has 9 nitrogen and oxygen atoms in total. The number of rotatable bonds is 3. The lowest BCUT2D eigenvalue weighted by Gasteiger charge is -2.31. The number of carbonyl (C=O) groups excluding carboxylic acids is 2. The number of anilines is 2. The van der Waals surface area contributed by atoms with Gasteiger partial charge in [-0.3, -0.25) is 9.59 Å². The summed E-state index contributed by atoms with van der Waals surface area (Å²) in [7, 11) is 3.37. The van der Waals surface area contributed by atoms with Crippen LogP contribution in [0.25, 0.3) is 11.2 Å². The monoisotopic (exact) mass is 331 g/mol. The summed E-state index contributed by atoms with van der Waals surface area (Å²) in [5.74, 6) is 0.390. The van der Waals surface area contributed by atoms with E-state index in [0.29, 0.717) is 30.1 Å². The lowest BCUT2D eigenvalue weighted by atomic mass is 9.96. The van der Waals surface area contributed by atoms with Gasteiger partial charge >= 0.3 is 0 Å². The summed E-state index contributed by atoms with van der Waals surface area (Å²) in [6, 6.07) is 0. The van der Waals surface area contributed by atoms with Crippen molar-refractivity contribution in [3.63, 3.8) is 0 Å². The molecule has 1 fully saturated rings. The highest BCUT2D eigenvalue weighted by molar-refractivity contribution is 6.09. The molecule has 5 N–H and O–H groups in total. The molecule has 0 bridgehead atoms. The number of carbonyl (C=O) groups is 2. The Balaban J connectivity index is 1.91. The molecule has 0 aliphatic carbocycles. The Labute approximate surface area is 139 Å². The minimum absolute atomic E-state index is 0.0245. The van der Waals surface area contributed by atoms with E-state index < -0.39 is 5.91 Å². The van der Waals surface area contributed by atoms with Gasteiger partial charge in [0.1, 0.15) is 22.7 Å². The van der Waals surface area contributed by atoms with Gasteiger partial charge in [0.05, 0.1) is 6.20 Å². The summed E-state index contributed by atoms with van der Waals surface area (Å²) in [5, 5.41) is 2.69. The van der Waals surface area contributed by atoms with Gasteiger partial charge < -0.3 is 26.3 Å². The molecule has 9 heteroatoms. The number of hydrogen-bond acceptors (Lipinski definition) is 6. The molecule has 3 heterocycles. The van der Waals surface area contributed by atoms with Gasteiger partial charge in [-0.2, -0.15) is 0 Å². The lowest BCUT2D eigenvalue weighted by molar-refractivity contribution is -0.125. The molecule has 0 radical (unpaired) electrons. The van der Waals surface area contributed by atoms with Crippen molar-refractivity contribution in [1.82, 2.24) is 19.9 Å². The molecule has 1 aliphatic heterocycles. The number of hydrogen-bond donors (Lipinski definition) is 3. The minimum atomic E-state index is -0.622. The van der Waals surface area contributed by atoms with Gasteiger partial charge in [-0.05, 0) is 12.8 Å². The number of nitrogens with one attached hydrogen (secondary N) is 1. The minimum Gasteiger partial charge on any atom is -0.384 e. The van der Waals surface area contributed by atoms with Crippen LogP contribution in [0.5, 0.6) is 0 Å². The van der Waals surface area contributed by atoms with Crippen LogP contribution in [0.15, 0.2) is 6.20 Å². The van der Waals surface area contributed by atoms with Gasteiger partial charge in [-0.15, -0.1) is 0 Å². The Morgan fingerprint density at radius 1 is 1.33 bits per heavy atom. The standard InChI is InChI=1S/C15H21N7O2/c1-18-15(24)8-3-5-22(6-4-8)9-7-19-14-11(20-9)10(13(17)23)12(16)21(14)2/h7-8H,3-6,16H2,1-2H3,(H2,17,23)(H,18,24). The van der Waals surface area contributed by atoms with Crippen molar-refractivity contribution in [2.24, 2.45) is 18.7 Å². The fourth-order valence-corrected chi connectivity index (χ4v) is 3.16. The second-order valence-electron chi connectivity index (χ2n) is 5.96.